The predicted molar refractivity (Wildman–Crippen MR) is 119 cm³/mol. The Morgan fingerprint density at radius 2 is 1.00 bits per heavy atom. The van der Waals surface area contributed by atoms with Gasteiger partial charge < -0.3 is 5.11 Å². The molecule has 0 saturated carbocycles. The largest absolute Gasteiger partial charge is 0.481 e. The third-order valence-corrected chi connectivity index (χ3v) is 4.16. The average molecular weight is 373 g/mol. The van der Waals surface area contributed by atoms with E-state index in [1.807, 2.05) is 0 Å². The van der Waals surface area contributed by atoms with Gasteiger partial charge in [0.1, 0.15) is 0 Å². The topological polar surface area (TPSA) is 37.3 Å². The normalized spacial score (nSPS) is 12.6. The molecule has 1 N–H and O–H groups in total. The summed E-state index contributed by atoms with van der Waals surface area (Å²) in [5, 5.41) is 8.53. The SMILES string of the molecule is CCCCCCCC=CCC=CCC=CCC=CCC=CCCCC(=O)O. The number of carboxylic acid groups (broad SMARTS) is 1. The van der Waals surface area contributed by atoms with E-state index in [1.54, 1.807) is 0 Å². The van der Waals surface area contributed by atoms with Gasteiger partial charge in [0.2, 0.25) is 0 Å². The lowest BCUT2D eigenvalue weighted by Gasteiger charge is -1.95. The lowest BCUT2D eigenvalue weighted by Crippen LogP contribution is -1.92. The molecular weight excluding hydrogens is 332 g/mol. The van der Waals surface area contributed by atoms with Gasteiger partial charge in [0, 0.05) is 6.42 Å². The molecule has 0 amide bonds. The standard InChI is InChI=1S/C25H40O2/c1-2-3-4-5-6-7-8-9-10-11-12-13-14-15-16-17-18-19-20-21-22-23-24-25(26)27/h8-9,11-12,14-15,17-18,20-21H,2-7,10,13,16,19,22-24H2,1H3,(H,26,27). The molecule has 0 aliphatic heterocycles. The Morgan fingerprint density at radius 3 is 1.44 bits per heavy atom. The molecule has 0 spiro atoms. The smallest absolute Gasteiger partial charge is 0.303 e. The second-order valence-electron chi connectivity index (χ2n) is 6.79. The fourth-order valence-electron chi connectivity index (χ4n) is 2.56. The zero-order valence-corrected chi connectivity index (χ0v) is 17.3. The molecule has 152 valence electrons. The Hall–Kier alpha value is -1.83. The Morgan fingerprint density at radius 1 is 0.593 bits per heavy atom. The van der Waals surface area contributed by atoms with E-state index in [2.05, 4.69) is 67.7 Å². The van der Waals surface area contributed by atoms with Crippen LogP contribution < -0.4 is 0 Å². The number of unbranched alkanes of at least 4 members (excludes halogenated alkanes) is 6. The van der Waals surface area contributed by atoms with E-state index in [-0.39, 0.29) is 6.42 Å². The molecule has 27 heavy (non-hydrogen) atoms. The average Bonchev–Trinajstić information content (AvgIpc) is 2.65. The first kappa shape index (κ1) is 25.2. The minimum absolute atomic E-state index is 0.259. The van der Waals surface area contributed by atoms with Crippen LogP contribution in [-0.4, -0.2) is 11.1 Å². The Kier molecular flexibility index (Phi) is 20.7. The van der Waals surface area contributed by atoms with Crippen LogP contribution in [-0.2, 0) is 4.79 Å². The maximum Gasteiger partial charge on any atom is 0.303 e. The summed E-state index contributed by atoms with van der Waals surface area (Å²) in [6, 6.07) is 0. The summed E-state index contributed by atoms with van der Waals surface area (Å²) in [6.45, 7) is 2.26. The molecule has 2 heteroatoms. The number of allylic oxidation sites excluding steroid dienone is 10. The first-order chi connectivity index (χ1) is 13.3. The summed E-state index contributed by atoms with van der Waals surface area (Å²) >= 11 is 0. The molecule has 0 aromatic carbocycles. The van der Waals surface area contributed by atoms with Crippen molar-refractivity contribution in [3.05, 3.63) is 60.8 Å². The third-order valence-electron chi connectivity index (χ3n) is 4.16. The zero-order chi connectivity index (χ0) is 19.8. The van der Waals surface area contributed by atoms with Gasteiger partial charge in [-0.15, -0.1) is 0 Å². The molecule has 2 nitrogen and oxygen atoms in total. The van der Waals surface area contributed by atoms with Gasteiger partial charge in [-0.25, -0.2) is 0 Å². The maximum atomic E-state index is 10.4. The maximum absolute atomic E-state index is 10.4. The highest BCUT2D eigenvalue weighted by Gasteiger charge is 1.92. The van der Waals surface area contributed by atoms with E-state index < -0.39 is 5.97 Å². The highest BCUT2D eigenvalue weighted by molar-refractivity contribution is 5.66. The van der Waals surface area contributed by atoms with Gasteiger partial charge in [-0.3, -0.25) is 4.79 Å². The van der Waals surface area contributed by atoms with E-state index in [0.717, 1.165) is 38.5 Å². The number of carbonyl (C=O) groups is 1. The van der Waals surface area contributed by atoms with Crippen molar-refractivity contribution in [2.45, 2.75) is 90.4 Å². The van der Waals surface area contributed by atoms with E-state index in [0.29, 0.717) is 0 Å². The van der Waals surface area contributed by atoms with Crippen molar-refractivity contribution >= 4 is 5.97 Å². The van der Waals surface area contributed by atoms with Crippen molar-refractivity contribution in [3.63, 3.8) is 0 Å². The number of carboxylic acids is 1. The third kappa shape index (κ3) is 24.2. The van der Waals surface area contributed by atoms with Crippen molar-refractivity contribution in [2.24, 2.45) is 0 Å². The molecule has 0 aromatic heterocycles. The van der Waals surface area contributed by atoms with Gasteiger partial charge >= 0.3 is 5.97 Å². The number of hydrogen-bond acceptors (Lipinski definition) is 1. The van der Waals surface area contributed by atoms with Crippen LogP contribution in [0.2, 0.25) is 0 Å². The summed E-state index contributed by atoms with van der Waals surface area (Å²) in [7, 11) is 0. The molecule has 0 atom stereocenters. The lowest BCUT2D eigenvalue weighted by atomic mass is 10.1. The van der Waals surface area contributed by atoms with E-state index in [4.69, 9.17) is 5.11 Å². The molecular formula is C25H40O2. The second kappa shape index (κ2) is 22.2. The first-order valence-corrected chi connectivity index (χ1v) is 10.7. The van der Waals surface area contributed by atoms with Crippen LogP contribution in [0.25, 0.3) is 0 Å². The predicted octanol–water partition coefficient (Wildman–Crippen LogP) is 7.94. The highest BCUT2D eigenvalue weighted by Crippen LogP contribution is 2.05. The van der Waals surface area contributed by atoms with E-state index in [1.165, 1.54) is 38.5 Å². The van der Waals surface area contributed by atoms with Gasteiger partial charge in [0.05, 0.1) is 0 Å². The molecule has 0 fully saturated rings. The summed E-state index contributed by atoms with van der Waals surface area (Å²) in [4.78, 5) is 10.4. The van der Waals surface area contributed by atoms with Crippen LogP contribution in [0, 0.1) is 0 Å². The van der Waals surface area contributed by atoms with Crippen molar-refractivity contribution in [1.82, 2.24) is 0 Å². The highest BCUT2D eigenvalue weighted by atomic mass is 16.4. The van der Waals surface area contributed by atoms with Gasteiger partial charge in [-0.1, -0.05) is 93.4 Å². The molecule has 0 unspecified atom stereocenters. The van der Waals surface area contributed by atoms with Crippen LogP contribution in [0.3, 0.4) is 0 Å². The van der Waals surface area contributed by atoms with E-state index >= 15 is 0 Å². The van der Waals surface area contributed by atoms with Gasteiger partial charge in [0.25, 0.3) is 0 Å². The second-order valence-corrected chi connectivity index (χ2v) is 6.79. The summed E-state index contributed by atoms with van der Waals surface area (Å²) in [5.41, 5.74) is 0. The molecule has 0 aromatic rings. The Balaban J connectivity index is 3.44. The first-order valence-electron chi connectivity index (χ1n) is 10.7. The number of hydrogen-bond donors (Lipinski definition) is 1. The molecule has 0 saturated heterocycles. The molecule has 0 rings (SSSR count). The van der Waals surface area contributed by atoms with Crippen LogP contribution in [0.1, 0.15) is 90.4 Å². The molecule has 0 radical (unpaired) electrons. The minimum atomic E-state index is -0.713. The van der Waals surface area contributed by atoms with Gasteiger partial charge in [0.15, 0.2) is 0 Å². The molecule has 0 heterocycles. The fraction of sp³-hybridized carbons (Fsp3) is 0.560. The summed E-state index contributed by atoms with van der Waals surface area (Å²) in [5.74, 6) is -0.713. The summed E-state index contributed by atoms with van der Waals surface area (Å²) in [6.07, 6.45) is 35.7. The van der Waals surface area contributed by atoms with Crippen molar-refractivity contribution in [1.29, 1.82) is 0 Å². The molecule has 0 aliphatic carbocycles. The summed E-state index contributed by atoms with van der Waals surface area (Å²) < 4.78 is 0. The molecule has 0 aliphatic rings. The van der Waals surface area contributed by atoms with Crippen molar-refractivity contribution < 1.29 is 9.90 Å². The van der Waals surface area contributed by atoms with Crippen LogP contribution in [0.4, 0.5) is 0 Å². The monoisotopic (exact) mass is 372 g/mol. The van der Waals surface area contributed by atoms with Gasteiger partial charge in [-0.05, 0) is 51.4 Å². The van der Waals surface area contributed by atoms with Crippen molar-refractivity contribution in [3.8, 4) is 0 Å². The number of aliphatic carboxylic acids is 1. The minimum Gasteiger partial charge on any atom is -0.481 e. The quantitative estimate of drug-likeness (QED) is 0.196. The van der Waals surface area contributed by atoms with Gasteiger partial charge in [-0.2, -0.15) is 0 Å². The number of rotatable bonds is 18. The van der Waals surface area contributed by atoms with E-state index in [9.17, 15) is 4.79 Å². The zero-order valence-electron chi connectivity index (χ0n) is 17.3. The lowest BCUT2D eigenvalue weighted by molar-refractivity contribution is -0.137. The fourth-order valence-corrected chi connectivity index (χ4v) is 2.56. The van der Waals surface area contributed by atoms with Crippen LogP contribution >= 0.6 is 0 Å². The molecule has 0 bridgehead atoms. The Labute approximate surface area is 167 Å². The van der Waals surface area contributed by atoms with Crippen molar-refractivity contribution in [2.75, 3.05) is 0 Å². The van der Waals surface area contributed by atoms with Crippen LogP contribution in [0.15, 0.2) is 60.8 Å². The van der Waals surface area contributed by atoms with Crippen LogP contribution in [0.5, 0.6) is 0 Å². The Bertz CT molecular complexity index is 467.